The van der Waals surface area contributed by atoms with Crippen LogP contribution in [0, 0.1) is 11.6 Å². The Morgan fingerprint density at radius 2 is 1.89 bits per heavy atom. The van der Waals surface area contributed by atoms with Crippen molar-refractivity contribution in [2.24, 2.45) is 0 Å². The van der Waals surface area contributed by atoms with Gasteiger partial charge in [0.05, 0.1) is 5.56 Å². The first kappa shape index (κ1) is 14.4. The van der Waals surface area contributed by atoms with Crippen molar-refractivity contribution >= 4 is 28.9 Å². The van der Waals surface area contributed by atoms with Gasteiger partial charge in [-0.05, 0) is 12.1 Å². The zero-order valence-corrected chi connectivity index (χ0v) is 10.3. The van der Waals surface area contributed by atoms with E-state index >= 15 is 0 Å². The number of hydrogen-bond acceptors (Lipinski definition) is 3. The van der Waals surface area contributed by atoms with Gasteiger partial charge in [-0.1, -0.05) is 23.9 Å². The Balaban J connectivity index is 2.90. The molecule has 0 aromatic heterocycles. The number of aromatic carboxylic acids is 1. The van der Waals surface area contributed by atoms with Crippen LogP contribution in [0.3, 0.4) is 0 Å². The van der Waals surface area contributed by atoms with E-state index in [1.54, 1.807) is 0 Å². The molecule has 1 rings (SSSR count). The van der Waals surface area contributed by atoms with Crippen LogP contribution < -0.4 is 0 Å². The first-order chi connectivity index (χ1) is 8.41. The standard InChI is InChI=1S/C12H10F2O3S/c1-7(15)18-4-2-3-9-10(13)5-8(12(16)17)6-11(9)14/h2-3,5-6H,4H2,1H3,(H,16,17). The van der Waals surface area contributed by atoms with E-state index in [2.05, 4.69) is 0 Å². The summed E-state index contributed by atoms with van der Waals surface area (Å²) >= 11 is 1.01. The van der Waals surface area contributed by atoms with Gasteiger partial charge in [0, 0.05) is 18.2 Å². The summed E-state index contributed by atoms with van der Waals surface area (Å²) in [5, 5.41) is 8.51. The van der Waals surface area contributed by atoms with Crippen LogP contribution in [0.1, 0.15) is 22.8 Å². The van der Waals surface area contributed by atoms with Gasteiger partial charge in [-0.2, -0.15) is 0 Å². The molecule has 0 fully saturated rings. The van der Waals surface area contributed by atoms with Crippen molar-refractivity contribution in [2.75, 3.05) is 5.75 Å². The number of rotatable bonds is 4. The fourth-order valence-electron chi connectivity index (χ4n) is 1.20. The smallest absolute Gasteiger partial charge is 0.335 e. The predicted molar refractivity (Wildman–Crippen MR) is 65.5 cm³/mol. The zero-order chi connectivity index (χ0) is 13.7. The third-order valence-electron chi connectivity index (χ3n) is 1.99. The highest BCUT2D eigenvalue weighted by Crippen LogP contribution is 2.17. The number of benzene rings is 1. The summed E-state index contributed by atoms with van der Waals surface area (Å²) in [6.07, 6.45) is 2.63. The Labute approximate surface area is 107 Å². The van der Waals surface area contributed by atoms with Crippen LogP contribution in [0.25, 0.3) is 6.08 Å². The van der Waals surface area contributed by atoms with Crippen LogP contribution in [0.4, 0.5) is 8.78 Å². The fourth-order valence-corrected chi connectivity index (χ4v) is 1.63. The van der Waals surface area contributed by atoms with E-state index in [4.69, 9.17) is 5.11 Å². The zero-order valence-electron chi connectivity index (χ0n) is 9.44. The molecule has 0 aliphatic carbocycles. The molecule has 18 heavy (non-hydrogen) atoms. The number of carbonyl (C=O) groups excluding carboxylic acids is 1. The van der Waals surface area contributed by atoms with E-state index in [0.717, 1.165) is 23.9 Å². The molecule has 0 spiro atoms. The van der Waals surface area contributed by atoms with E-state index < -0.39 is 23.2 Å². The first-order valence-corrected chi connectivity index (χ1v) is 5.92. The van der Waals surface area contributed by atoms with Gasteiger partial charge >= 0.3 is 5.97 Å². The summed E-state index contributed by atoms with van der Waals surface area (Å²) in [6, 6.07) is 1.51. The maximum absolute atomic E-state index is 13.4. The molecule has 3 nitrogen and oxygen atoms in total. The summed E-state index contributed by atoms with van der Waals surface area (Å²) < 4.78 is 26.9. The molecule has 0 unspecified atom stereocenters. The molecule has 0 saturated heterocycles. The number of carboxylic acids is 1. The minimum absolute atomic E-state index is 0.0955. The lowest BCUT2D eigenvalue weighted by Gasteiger charge is -2.01. The van der Waals surface area contributed by atoms with E-state index in [1.807, 2.05) is 0 Å². The summed E-state index contributed by atoms with van der Waals surface area (Å²) in [4.78, 5) is 21.2. The maximum Gasteiger partial charge on any atom is 0.335 e. The first-order valence-electron chi connectivity index (χ1n) is 4.94. The molecule has 0 aliphatic rings. The van der Waals surface area contributed by atoms with E-state index in [0.29, 0.717) is 5.75 Å². The molecule has 1 N–H and O–H groups in total. The van der Waals surface area contributed by atoms with Crippen molar-refractivity contribution in [3.05, 3.63) is 41.0 Å². The monoisotopic (exact) mass is 272 g/mol. The Morgan fingerprint density at radius 1 is 1.33 bits per heavy atom. The van der Waals surface area contributed by atoms with Crippen molar-refractivity contribution in [3.63, 3.8) is 0 Å². The van der Waals surface area contributed by atoms with Crippen molar-refractivity contribution in [3.8, 4) is 0 Å². The number of thioether (sulfide) groups is 1. The summed E-state index contributed by atoms with van der Waals surface area (Å²) in [7, 11) is 0. The highest BCUT2D eigenvalue weighted by Gasteiger charge is 2.12. The van der Waals surface area contributed by atoms with Crippen LogP contribution in [0.15, 0.2) is 18.2 Å². The molecule has 1 aromatic carbocycles. The lowest BCUT2D eigenvalue weighted by Crippen LogP contribution is -2.00. The average molecular weight is 272 g/mol. The fraction of sp³-hybridized carbons (Fsp3) is 0.167. The molecular weight excluding hydrogens is 262 g/mol. The molecule has 0 radical (unpaired) electrons. The normalized spacial score (nSPS) is 10.8. The molecule has 6 heteroatoms. The maximum atomic E-state index is 13.4. The van der Waals surface area contributed by atoms with E-state index in [1.165, 1.54) is 19.1 Å². The summed E-state index contributed by atoms with van der Waals surface area (Å²) in [5.41, 5.74) is -0.760. The Hall–Kier alpha value is -1.69. The van der Waals surface area contributed by atoms with Crippen LogP contribution in [-0.2, 0) is 4.79 Å². The quantitative estimate of drug-likeness (QED) is 0.915. The molecule has 0 saturated carbocycles. The van der Waals surface area contributed by atoms with Crippen molar-refractivity contribution in [1.82, 2.24) is 0 Å². The lowest BCUT2D eigenvalue weighted by molar-refractivity contribution is -0.109. The summed E-state index contributed by atoms with van der Waals surface area (Å²) in [5.74, 6) is -2.99. The highest BCUT2D eigenvalue weighted by atomic mass is 32.2. The Bertz CT molecular complexity index is 489. The van der Waals surface area contributed by atoms with Crippen molar-refractivity contribution < 1.29 is 23.5 Å². The molecule has 0 atom stereocenters. The third kappa shape index (κ3) is 3.96. The van der Waals surface area contributed by atoms with Crippen LogP contribution in [0.5, 0.6) is 0 Å². The molecule has 0 amide bonds. The van der Waals surface area contributed by atoms with Crippen LogP contribution in [-0.4, -0.2) is 21.9 Å². The van der Waals surface area contributed by atoms with Gasteiger partial charge in [0.15, 0.2) is 5.12 Å². The van der Waals surface area contributed by atoms with Crippen molar-refractivity contribution in [2.45, 2.75) is 6.92 Å². The van der Waals surface area contributed by atoms with Gasteiger partial charge in [0.25, 0.3) is 0 Å². The van der Waals surface area contributed by atoms with Crippen molar-refractivity contribution in [1.29, 1.82) is 0 Å². The second-order valence-corrected chi connectivity index (χ2v) is 4.56. The van der Waals surface area contributed by atoms with Gasteiger partial charge in [0.1, 0.15) is 11.6 Å². The topological polar surface area (TPSA) is 54.4 Å². The second-order valence-electron chi connectivity index (χ2n) is 3.36. The largest absolute Gasteiger partial charge is 0.478 e. The molecule has 0 aliphatic heterocycles. The Kier molecular flexibility index (Phi) is 5.03. The number of carboxylic acid groups (broad SMARTS) is 1. The van der Waals surface area contributed by atoms with Gasteiger partial charge in [-0.3, -0.25) is 4.79 Å². The molecule has 1 aromatic rings. The van der Waals surface area contributed by atoms with Crippen LogP contribution in [0.2, 0.25) is 0 Å². The van der Waals surface area contributed by atoms with Gasteiger partial charge in [0.2, 0.25) is 0 Å². The van der Waals surface area contributed by atoms with E-state index in [-0.39, 0.29) is 10.7 Å². The number of hydrogen-bond donors (Lipinski definition) is 1. The second kappa shape index (κ2) is 6.30. The number of halogens is 2. The summed E-state index contributed by atoms with van der Waals surface area (Å²) in [6.45, 7) is 1.39. The molecule has 0 bridgehead atoms. The van der Waals surface area contributed by atoms with E-state index in [9.17, 15) is 18.4 Å². The highest BCUT2D eigenvalue weighted by molar-refractivity contribution is 8.13. The number of carbonyl (C=O) groups is 2. The SMILES string of the molecule is CC(=O)SCC=Cc1c(F)cc(C(=O)O)cc1F. The average Bonchev–Trinajstić information content (AvgIpc) is 2.26. The molecular formula is C12H10F2O3S. The van der Waals surface area contributed by atoms with Crippen LogP contribution >= 0.6 is 11.8 Å². The van der Waals surface area contributed by atoms with Gasteiger partial charge < -0.3 is 5.11 Å². The van der Waals surface area contributed by atoms with Gasteiger partial charge in [-0.15, -0.1) is 0 Å². The minimum atomic E-state index is -1.39. The predicted octanol–water partition coefficient (Wildman–Crippen LogP) is 2.96. The van der Waals surface area contributed by atoms with Gasteiger partial charge in [-0.25, -0.2) is 13.6 Å². The molecule has 0 heterocycles. The minimum Gasteiger partial charge on any atom is -0.478 e. The molecule has 96 valence electrons. The Morgan fingerprint density at radius 3 is 2.33 bits per heavy atom. The lowest BCUT2D eigenvalue weighted by atomic mass is 10.1. The third-order valence-corrected chi connectivity index (χ3v) is 2.76.